The zero-order valence-corrected chi connectivity index (χ0v) is 17.9. The van der Waals surface area contributed by atoms with Crippen LogP contribution in [0.15, 0.2) is 158 Å². The van der Waals surface area contributed by atoms with E-state index in [0.29, 0.717) is 0 Å². The average molecular weight is 463 g/mol. The minimum absolute atomic E-state index is 0. The second-order valence-electron chi connectivity index (χ2n) is 6.72. The van der Waals surface area contributed by atoms with E-state index in [9.17, 15) is 0 Å². The molecule has 0 aliphatic carbocycles. The molecule has 35 heavy (non-hydrogen) atoms. The predicted molar refractivity (Wildman–Crippen MR) is 157 cm³/mol. The van der Waals surface area contributed by atoms with E-state index >= 15 is 0 Å². The van der Waals surface area contributed by atoms with Crippen LogP contribution >= 0.6 is 0 Å². The molecule has 0 fully saturated rings. The Kier molecular flexibility index (Phi) is 16.8. The van der Waals surface area contributed by atoms with Crippen molar-refractivity contribution in [1.82, 2.24) is 9.97 Å². The number of fused-ring (bicyclic) bond motifs is 2. The Bertz CT molecular complexity index is 982. The molecular weight excluding hydrogens is 424 g/mol. The molecule has 6 aromatic rings. The monoisotopic (exact) mass is 462 g/mol. The average Bonchev–Trinajstić information content (AvgIpc) is 2.92. The molecule has 0 aliphatic heterocycles. The van der Waals surface area contributed by atoms with E-state index in [2.05, 4.69) is 70.6 Å². The molecule has 2 nitrogen and oxygen atoms in total. The Labute approximate surface area is 212 Å². The normalized spacial score (nSPS) is 8.46. The zero-order valence-electron chi connectivity index (χ0n) is 17.9. The summed E-state index contributed by atoms with van der Waals surface area (Å²) >= 11 is 0. The van der Waals surface area contributed by atoms with E-state index < -0.39 is 0 Å². The van der Waals surface area contributed by atoms with Crippen LogP contribution in [0.2, 0.25) is 0 Å². The van der Waals surface area contributed by atoms with Gasteiger partial charge in [-0.15, -0.1) is 0 Å². The molecule has 0 atom stereocenters. The molecule has 0 unspecified atom stereocenters. The Morgan fingerprint density at radius 2 is 0.686 bits per heavy atom. The highest BCUT2D eigenvalue weighted by Gasteiger charge is 1.87. The third-order valence-corrected chi connectivity index (χ3v) is 4.40. The van der Waals surface area contributed by atoms with E-state index in [0.717, 1.165) is 5.52 Å². The van der Waals surface area contributed by atoms with Gasteiger partial charge < -0.3 is 0 Å². The molecule has 0 N–H and O–H groups in total. The third kappa shape index (κ3) is 11.9. The largest absolute Gasteiger partial charge is 0.265 e. The van der Waals surface area contributed by atoms with Gasteiger partial charge in [-0.25, -0.2) is 0 Å². The fourth-order valence-electron chi connectivity index (χ4n) is 2.85. The molecule has 0 aliphatic rings. The molecule has 0 amide bonds. The van der Waals surface area contributed by atoms with Gasteiger partial charge in [-0.05, 0) is 35.0 Å². The fraction of sp³-hybridized carbons (Fsp3) is 0.0909. The number of hydrogen-bond acceptors (Lipinski definition) is 2. The summed E-state index contributed by atoms with van der Waals surface area (Å²) in [7, 11) is 0. The van der Waals surface area contributed by atoms with Crippen LogP contribution in [0.4, 0.5) is 0 Å². The first kappa shape index (κ1) is 30.7. The van der Waals surface area contributed by atoms with Gasteiger partial charge in [0.1, 0.15) is 0 Å². The smallest absolute Gasteiger partial charge is 0.0701 e. The van der Waals surface area contributed by atoms with Crippen molar-refractivity contribution in [2.45, 2.75) is 22.3 Å². The second-order valence-corrected chi connectivity index (χ2v) is 6.72. The SMILES string of the molecule is C.C.C.c1ccc2ccccc2c1.c1ccc2ncccc2c1.c1ccccc1.c1ccncc1. The maximum Gasteiger partial charge on any atom is 0.0701 e. The van der Waals surface area contributed by atoms with Crippen molar-refractivity contribution in [1.29, 1.82) is 0 Å². The lowest BCUT2D eigenvalue weighted by molar-refractivity contribution is 1.33. The van der Waals surface area contributed by atoms with Gasteiger partial charge in [0.2, 0.25) is 0 Å². The van der Waals surface area contributed by atoms with E-state index in [1.165, 1.54) is 16.2 Å². The molecule has 0 saturated carbocycles. The molecule has 2 heteroatoms. The second kappa shape index (κ2) is 19.2. The summed E-state index contributed by atoms with van der Waals surface area (Å²) in [4.78, 5) is 7.97. The molecule has 4 aromatic carbocycles. The Hall–Kier alpha value is -4.30. The van der Waals surface area contributed by atoms with E-state index in [-0.39, 0.29) is 22.3 Å². The highest BCUT2D eigenvalue weighted by molar-refractivity contribution is 5.82. The number of hydrogen-bond donors (Lipinski definition) is 0. The van der Waals surface area contributed by atoms with Crippen LogP contribution in [0.3, 0.4) is 0 Å². The standard InChI is InChI=1S/C10H8.C9H7N.C6H6.C5H5N.3CH4/c1-2-6-10-8-4-3-7-9(10)5-1;1-2-6-9-8(4-1)5-3-7-10-9;2*1-2-4-6-5-3-1;;;/h1-8H;1-7H;1-6H;1-5H;3*1H4. The first-order chi connectivity index (χ1) is 15.9. The summed E-state index contributed by atoms with van der Waals surface area (Å²) in [6.07, 6.45) is 5.31. The summed E-state index contributed by atoms with van der Waals surface area (Å²) < 4.78 is 0. The van der Waals surface area contributed by atoms with Crippen LogP contribution in [0.5, 0.6) is 0 Å². The molecule has 0 saturated heterocycles. The van der Waals surface area contributed by atoms with Crippen LogP contribution in [0.1, 0.15) is 22.3 Å². The molecule has 0 radical (unpaired) electrons. The Morgan fingerprint density at radius 3 is 1.06 bits per heavy atom. The number of benzene rings is 4. The Balaban J connectivity index is 0.000000440. The van der Waals surface area contributed by atoms with E-state index in [1.54, 1.807) is 12.4 Å². The first-order valence-corrected chi connectivity index (χ1v) is 10.5. The van der Waals surface area contributed by atoms with Crippen LogP contribution in [-0.2, 0) is 0 Å². The molecule has 180 valence electrons. The highest BCUT2D eigenvalue weighted by Crippen LogP contribution is 2.11. The molecule has 0 bridgehead atoms. The number of rotatable bonds is 0. The van der Waals surface area contributed by atoms with Gasteiger partial charge in [-0.2, -0.15) is 0 Å². The van der Waals surface area contributed by atoms with Gasteiger partial charge in [-0.1, -0.05) is 138 Å². The van der Waals surface area contributed by atoms with Crippen LogP contribution in [-0.4, -0.2) is 9.97 Å². The maximum absolute atomic E-state index is 4.18. The van der Waals surface area contributed by atoms with E-state index in [4.69, 9.17) is 0 Å². The summed E-state index contributed by atoms with van der Waals surface area (Å²) in [5.41, 5.74) is 1.06. The summed E-state index contributed by atoms with van der Waals surface area (Å²) in [5.74, 6) is 0. The van der Waals surface area contributed by atoms with Crippen molar-refractivity contribution in [2.24, 2.45) is 0 Å². The maximum atomic E-state index is 4.18. The number of para-hydroxylation sites is 1. The molecule has 2 heterocycles. The summed E-state index contributed by atoms with van der Waals surface area (Å²) in [6.45, 7) is 0. The van der Waals surface area contributed by atoms with Gasteiger partial charge in [0.15, 0.2) is 0 Å². The molecular formula is C33H38N2. The molecule has 6 rings (SSSR count). The van der Waals surface area contributed by atoms with Gasteiger partial charge in [0.05, 0.1) is 5.52 Å². The van der Waals surface area contributed by atoms with E-state index in [1.807, 2.05) is 85.1 Å². The van der Waals surface area contributed by atoms with Gasteiger partial charge in [0, 0.05) is 24.0 Å². The van der Waals surface area contributed by atoms with Gasteiger partial charge >= 0.3 is 0 Å². The van der Waals surface area contributed by atoms with Crippen LogP contribution in [0, 0.1) is 0 Å². The lowest BCUT2D eigenvalue weighted by Gasteiger charge is -1.92. The van der Waals surface area contributed by atoms with Crippen LogP contribution < -0.4 is 0 Å². The van der Waals surface area contributed by atoms with Crippen molar-refractivity contribution in [3.05, 3.63) is 158 Å². The van der Waals surface area contributed by atoms with Crippen molar-refractivity contribution < 1.29 is 0 Å². The summed E-state index contributed by atoms with van der Waals surface area (Å²) in [6, 6.07) is 46.5. The lowest BCUT2D eigenvalue weighted by Crippen LogP contribution is -1.73. The van der Waals surface area contributed by atoms with Crippen LogP contribution in [0.25, 0.3) is 21.7 Å². The van der Waals surface area contributed by atoms with Gasteiger partial charge in [-0.3, -0.25) is 9.97 Å². The van der Waals surface area contributed by atoms with Crippen molar-refractivity contribution in [3.8, 4) is 0 Å². The Morgan fingerprint density at radius 1 is 0.314 bits per heavy atom. The number of aromatic nitrogens is 2. The molecule has 0 spiro atoms. The van der Waals surface area contributed by atoms with Gasteiger partial charge in [0.25, 0.3) is 0 Å². The third-order valence-electron chi connectivity index (χ3n) is 4.40. The molecule has 2 aromatic heterocycles. The quantitative estimate of drug-likeness (QED) is 0.224. The highest BCUT2D eigenvalue weighted by atomic mass is 14.6. The number of nitrogens with zero attached hydrogens (tertiary/aromatic N) is 2. The van der Waals surface area contributed by atoms with Crippen molar-refractivity contribution >= 4 is 21.7 Å². The number of pyridine rings is 2. The van der Waals surface area contributed by atoms with Crippen molar-refractivity contribution in [2.75, 3.05) is 0 Å². The topological polar surface area (TPSA) is 25.8 Å². The predicted octanol–water partition coefficient (Wildman–Crippen LogP) is 9.75. The zero-order chi connectivity index (χ0) is 22.1. The summed E-state index contributed by atoms with van der Waals surface area (Å²) in [5, 5.41) is 3.82. The fourth-order valence-corrected chi connectivity index (χ4v) is 2.85. The minimum atomic E-state index is 0. The van der Waals surface area contributed by atoms with Crippen molar-refractivity contribution in [3.63, 3.8) is 0 Å². The lowest BCUT2D eigenvalue weighted by atomic mass is 10.1. The first-order valence-electron chi connectivity index (χ1n) is 10.5. The minimum Gasteiger partial charge on any atom is -0.265 e.